The van der Waals surface area contributed by atoms with Crippen molar-refractivity contribution in [1.82, 2.24) is 20.9 Å². The number of H-pyrrole nitrogens is 1. The van der Waals surface area contributed by atoms with E-state index >= 15 is 0 Å². The number of rotatable bonds is 14. The Morgan fingerprint density at radius 1 is 1.00 bits per heavy atom. The number of nitrogens with one attached hydrogen (secondary N) is 4. The number of aliphatic hydroxyl groups excluding tert-OH is 1. The van der Waals surface area contributed by atoms with Crippen molar-refractivity contribution in [3.8, 4) is 0 Å². The van der Waals surface area contributed by atoms with Gasteiger partial charge in [0.1, 0.15) is 18.1 Å². The van der Waals surface area contributed by atoms with E-state index in [2.05, 4.69) is 20.9 Å². The molecule has 2 aromatic rings. The molecule has 1 aromatic carbocycles. The second-order valence-electron chi connectivity index (χ2n) is 8.82. The third-order valence-electron chi connectivity index (χ3n) is 5.79. The van der Waals surface area contributed by atoms with E-state index in [4.69, 9.17) is 10.8 Å². The van der Waals surface area contributed by atoms with Crippen LogP contribution in [0.5, 0.6) is 0 Å². The molecule has 0 aliphatic heterocycles. The summed E-state index contributed by atoms with van der Waals surface area (Å²) in [5, 5.41) is 26.9. The van der Waals surface area contributed by atoms with Crippen LogP contribution in [0.3, 0.4) is 0 Å². The summed E-state index contributed by atoms with van der Waals surface area (Å²) in [6, 6.07) is 3.08. The molecule has 1 heterocycles. The van der Waals surface area contributed by atoms with Gasteiger partial charge in [0, 0.05) is 23.5 Å². The Bertz CT molecular complexity index is 1060. The highest BCUT2D eigenvalue weighted by atomic mass is 32.2. The molecule has 198 valence electrons. The molecule has 4 atom stereocenters. The quantitative estimate of drug-likeness (QED) is 0.181. The van der Waals surface area contributed by atoms with Crippen LogP contribution in [-0.4, -0.2) is 81.7 Å². The normalized spacial score (nSPS) is 14.6. The molecule has 0 bridgehead atoms. The van der Waals surface area contributed by atoms with Gasteiger partial charge >= 0.3 is 5.97 Å². The number of para-hydroxylation sites is 1. The molecule has 0 saturated heterocycles. The number of thioether (sulfide) groups is 1. The van der Waals surface area contributed by atoms with Crippen molar-refractivity contribution >= 4 is 46.4 Å². The first-order valence-electron chi connectivity index (χ1n) is 11.6. The molecule has 8 N–H and O–H groups in total. The maximum atomic E-state index is 13.4. The molecule has 12 heteroatoms. The Labute approximate surface area is 214 Å². The van der Waals surface area contributed by atoms with Crippen LogP contribution in [-0.2, 0) is 25.6 Å². The van der Waals surface area contributed by atoms with E-state index in [1.807, 2.05) is 30.5 Å². The lowest BCUT2D eigenvalue weighted by Crippen LogP contribution is -2.58. The summed E-state index contributed by atoms with van der Waals surface area (Å²) in [6.07, 6.45) is 3.95. The molecule has 0 saturated carbocycles. The summed E-state index contributed by atoms with van der Waals surface area (Å²) in [5.41, 5.74) is 7.66. The molecule has 11 nitrogen and oxygen atoms in total. The third kappa shape index (κ3) is 7.97. The van der Waals surface area contributed by atoms with Gasteiger partial charge in [-0.25, -0.2) is 4.79 Å². The molecular weight excluding hydrogens is 486 g/mol. The highest BCUT2D eigenvalue weighted by Gasteiger charge is 2.31. The van der Waals surface area contributed by atoms with Crippen molar-refractivity contribution < 1.29 is 29.4 Å². The van der Waals surface area contributed by atoms with Gasteiger partial charge in [-0.1, -0.05) is 32.0 Å². The number of carbonyl (C=O) groups is 4. The smallest absolute Gasteiger partial charge is 0.328 e. The minimum absolute atomic E-state index is 0.137. The SMILES string of the molecule is CSCCC(NC(=O)C(Cc1c[nH]c2ccccc12)NC(=O)C(N)C(C)C)C(=O)NC(CO)C(=O)O. The van der Waals surface area contributed by atoms with E-state index in [-0.39, 0.29) is 18.8 Å². The molecule has 0 spiro atoms. The van der Waals surface area contributed by atoms with E-state index < -0.39 is 54.5 Å². The summed E-state index contributed by atoms with van der Waals surface area (Å²) in [6.45, 7) is 2.79. The summed E-state index contributed by atoms with van der Waals surface area (Å²) >= 11 is 1.45. The summed E-state index contributed by atoms with van der Waals surface area (Å²) in [5.74, 6) is -2.90. The van der Waals surface area contributed by atoms with Crippen LogP contribution in [0.25, 0.3) is 10.9 Å². The molecular formula is C24H35N5O6S. The molecule has 0 aliphatic carbocycles. The molecule has 4 unspecified atom stereocenters. The Morgan fingerprint density at radius 2 is 1.61 bits per heavy atom. The van der Waals surface area contributed by atoms with Gasteiger partial charge in [0.25, 0.3) is 0 Å². The predicted molar refractivity (Wildman–Crippen MR) is 138 cm³/mol. The fraction of sp³-hybridized carbons (Fsp3) is 0.500. The second kappa shape index (κ2) is 13.9. The van der Waals surface area contributed by atoms with Gasteiger partial charge in [-0.2, -0.15) is 11.8 Å². The molecule has 3 amide bonds. The van der Waals surface area contributed by atoms with Crippen LogP contribution in [0.15, 0.2) is 30.5 Å². The van der Waals surface area contributed by atoms with Crippen molar-refractivity contribution in [1.29, 1.82) is 0 Å². The van der Waals surface area contributed by atoms with E-state index in [0.717, 1.165) is 16.5 Å². The summed E-state index contributed by atoms with van der Waals surface area (Å²) in [7, 11) is 0. The Balaban J connectivity index is 2.28. The van der Waals surface area contributed by atoms with E-state index in [1.54, 1.807) is 20.0 Å². The number of benzene rings is 1. The third-order valence-corrected chi connectivity index (χ3v) is 6.44. The molecule has 2 rings (SSSR count). The van der Waals surface area contributed by atoms with Crippen LogP contribution in [0.1, 0.15) is 25.8 Å². The van der Waals surface area contributed by atoms with E-state index in [0.29, 0.717) is 5.75 Å². The maximum absolute atomic E-state index is 13.4. The first kappa shape index (κ1) is 29.1. The standard InChI is InChI=1S/C24H35N5O6S/c1-13(2)20(25)23(33)28-18(10-14-11-26-16-7-5-4-6-15(14)16)22(32)27-17(8-9-36-3)21(31)29-19(12-30)24(34)35/h4-7,11,13,17-20,26,30H,8-10,12,25H2,1-3H3,(H,27,32)(H,28,33)(H,29,31)(H,34,35). The number of aliphatic carboxylic acids is 1. The van der Waals surface area contributed by atoms with Crippen molar-refractivity contribution in [2.45, 2.75) is 50.9 Å². The fourth-order valence-electron chi connectivity index (χ4n) is 3.53. The molecule has 1 aromatic heterocycles. The lowest BCUT2D eigenvalue weighted by atomic mass is 10.0. The van der Waals surface area contributed by atoms with Gasteiger partial charge in [-0.3, -0.25) is 14.4 Å². The highest BCUT2D eigenvalue weighted by molar-refractivity contribution is 7.98. The first-order valence-corrected chi connectivity index (χ1v) is 13.0. The van der Waals surface area contributed by atoms with Gasteiger partial charge < -0.3 is 36.9 Å². The summed E-state index contributed by atoms with van der Waals surface area (Å²) < 4.78 is 0. The van der Waals surface area contributed by atoms with Crippen molar-refractivity contribution in [3.05, 3.63) is 36.0 Å². The van der Waals surface area contributed by atoms with Crippen LogP contribution in [0.2, 0.25) is 0 Å². The average molecular weight is 522 g/mol. The van der Waals surface area contributed by atoms with Crippen molar-refractivity contribution in [2.75, 3.05) is 18.6 Å². The number of aromatic amines is 1. The van der Waals surface area contributed by atoms with Crippen molar-refractivity contribution in [2.24, 2.45) is 11.7 Å². The summed E-state index contributed by atoms with van der Waals surface area (Å²) in [4.78, 5) is 53.3. The van der Waals surface area contributed by atoms with Gasteiger partial charge in [0.15, 0.2) is 0 Å². The van der Waals surface area contributed by atoms with Crippen LogP contribution >= 0.6 is 11.8 Å². The topological polar surface area (TPSA) is 187 Å². The molecule has 0 aliphatic rings. The van der Waals surface area contributed by atoms with E-state index in [9.17, 15) is 24.3 Å². The number of carboxylic acid groups (broad SMARTS) is 1. The Hall–Kier alpha value is -3.09. The zero-order valence-electron chi connectivity index (χ0n) is 20.6. The Kier molecular flexibility index (Phi) is 11.2. The molecule has 0 radical (unpaired) electrons. The number of hydrogen-bond acceptors (Lipinski definition) is 7. The minimum atomic E-state index is -1.50. The second-order valence-corrected chi connectivity index (χ2v) is 9.80. The number of amides is 3. The number of aliphatic hydroxyl groups is 1. The van der Waals surface area contributed by atoms with Crippen molar-refractivity contribution in [3.63, 3.8) is 0 Å². The van der Waals surface area contributed by atoms with Gasteiger partial charge in [-0.15, -0.1) is 0 Å². The van der Waals surface area contributed by atoms with Gasteiger partial charge in [-0.05, 0) is 36.0 Å². The monoisotopic (exact) mass is 521 g/mol. The predicted octanol–water partition coefficient (Wildman–Crippen LogP) is -0.0219. The largest absolute Gasteiger partial charge is 0.480 e. The number of carboxylic acids is 1. The number of carbonyl (C=O) groups excluding carboxylic acids is 3. The van der Waals surface area contributed by atoms with E-state index in [1.165, 1.54) is 11.8 Å². The van der Waals surface area contributed by atoms with Gasteiger partial charge in [0.2, 0.25) is 17.7 Å². The number of aromatic nitrogens is 1. The Morgan fingerprint density at radius 3 is 2.22 bits per heavy atom. The fourth-order valence-corrected chi connectivity index (χ4v) is 4.01. The zero-order valence-corrected chi connectivity index (χ0v) is 21.4. The minimum Gasteiger partial charge on any atom is -0.480 e. The van der Waals surface area contributed by atoms with Crippen LogP contribution in [0.4, 0.5) is 0 Å². The average Bonchev–Trinajstić information content (AvgIpc) is 3.26. The van der Waals surface area contributed by atoms with Gasteiger partial charge in [0.05, 0.1) is 12.6 Å². The number of fused-ring (bicyclic) bond motifs is 1. The zero-order chi connectivity index (χ0) is 26.8. The lowest BCUT2D eigenvalue weighted by Gasteiger charge is -2.25. The van der Waals surface area contributed by atoms with Crippen LogP contribution in [0, 0.1) is 5.92 Å². The number of hydrogen-bond donors (Lipinski definition) is 7. The first-order chi connectivity index (χ1) is 17.1. The molecule has 36 heavy (non-hydrogen) atoms. The maximum Gasteiger partial charge on any atom is 0.328 e. The number of nitrogens with two attached hydrogens (primary N) is 1. The lowest BCUT2D eigenvalue weighted by molar-refractivity contribution is -0.143. The van der Waals surface area contributed by atoms with Crippen LogP contribution < -0.4 is 21.7 Å². The molecule has 0 fully saturated rings. The highest BCUT2D eigenvalue weighted by Crippen LogP contribution is 2.19.